The van der Waals surface area contributed by atoms with Gasteiger partial charge in [-0.1, -0.05) is 41.9 Å². The van der Waals surface area contributed by atoms with Crippen molar-refractivity contribution in [3.63, 3.8) is 0 Å². The summed E-state index contributed by atoms with van der Waals surface area (Å²) in [4.78, 5) is 0. The van der Waals surface area contributed by atoms with Crippen LogP contribution in [0.25, 0.3) is 0 Å². The summed E-state index contributed by atoms with van der Waals surface area (Å²) in [5.74, 6) is 0. The molecule has 2 aromatic rings. The lowest BCUT2D eigenvalue weighted by Crippen LogP contribution is -2.35. The Morgan fingerprint density at radius 2 is 1.83 bits per heavy atom. The van der Waals surface area contributed by atoms with Crippen LogP contribution in [-0.4, -0.2) is 13.1 Å². The lowest BCUT2D eigenvalue weighted by molar-refractivity contribution is -0.0404. The largest absolute Gasteiger partial charge is 0.363 e. The number of benzene rings is 1. The highest BCUT2D eigenvalue weighted by Gasteiger charge is 2.24. The molecule has 0 spiro atoms. The number of thiophene rings is 1. The maximum absolute atomic E-state index is 6.16. The molecule has 1 saturated heterocycles. The first kappa shape index (κ1) is 12.2. The molecular formula is C14H14ClNOS. The van der Waals surface area contributed by atoms with Crippen LogP contribution in [0.1, 0.15) is 23.3 Å². The molecule has 2 heterocycles. The number of nitrogens with one attached hydrogen (secondary N) is 1. The van der Waals surface area contributed by atoms with E-state index in [1.807, 2.05) is 24.3 Å². The highest BCUT2D eigenvalue weighted by Crippen LogP contribution is 2.32. The summed E-state index contributed by atoms with van der Waals surface area (Å²) in [6.07, 6.45) is 0.205. The highest BCUT2D eigenvalue weighted by molar-refractivity contribution is 7.14. The minimum absolute atomic E-state index is 0.0905. The predicted octanol–water partition coefficient (Wildman–Crippen LogP) is 3.80. The molecular weight excluding hydrogens is 266 g/mol. The number of hydrogen-bond donors (Lipinski definition) is 1. The van der Waals surface area contributed by atoms with Crippen molar-refractivity contribution in [3.8, 4) is 0 Å². The first-order chi connectivity index (χ1) is 8.83. The normalized spacial score (nSPS) is 24.1. The van der Waals surface area contributed by atoms with Gasteiger partial charge in [0.2, 0.25) is 0 Å². The van der Waals surface area contributed by atoms with Gasteiger partial charge in [0.1, 0.15) is 0 Å². The van der Waals surface area contributed by atoms with Gasteiger partial charge in [0, 0.05) is 13.1 Å². The first-order valence-electron chi connectivity index (χ1n) is 5.98. The second-order valence-corrected chi connectivity index (χ2v) is 5.91. The fraction of sp³-hybridized carbons (Fsp3) is 0.286. The van der Waals surface area contributed by atoms with Crippen LogP contribution in [0.2, 0.25) is 4.34 Å². The maximum atomic E-state index is 6.16. The summed E-state index contributed by atoms with van der Waals surface area (Å²) in [6, 6.07) is 12.3. The van der Waals surface area contributed by atoms with Crippen LogP contribution in [0.4, 0.5) is 0 Å². The lowest BCUT2D eigenvalue weighted by Gasteiger charge is -2.31. The van der Waals surface area contributed by atoms with Crippen molar-refractivity contribution in [1.82, 2.24) is 5.32 Å². The topological polar surface area (TPSA) is 21.3 Å². The summed E-state index contributed by atoms with van der Waals surface area (Å²) >= 11 is 7.53. The minimum atomic E-state index is 0.0905. The van der Waals surface area contributed by atoms with E-state index in [-0.39, 0.29) is 12.2 Å². The molecule has 2 atom stereocenters. The van der Waals surface area contributed by atoms with Crippen LogP contribution in [0, 0.1) is 0 Å². The van der Waals surface area contributed by atoms with Crippen LogP contribution >= 0.6 is 22.9 Å². The third kappa shape index (κ3) is 2.59. The molecule has 3 rings (SSSR count). The fourth-order valence-electron chi connectivity index (χ4n) is 2.19. The molecule has 1 aliphatic heterocycles. The Balaban J connectivity index is 1.76. The van der Waals surface area contributed by atoms with Crippen LogP contribution in [0.15, 0.2) is 41.8 Å². The smallest absolute Gasteiger partial charge is 0.0966 e. The van der Waals surface area contributed by atoms with Gasteiger partial charge in [-0.05, 0) is 22.6 Å². The van der Waals surface area contributed by atoms with Crippen molar-refractivity contribution in [2.75, 3.05) is 13.1 Å². The third-order valence-electron chi connectivity index (χ3n) is 3.12. The summed E-state index contributed by atoms with van der Waals surface area (Å²) in [5.41, 5.74) is 2.38. The van der Waals surface area contributed by atoms with Crippen LogP contribution in [0.3, 0.4) is 0 Å². The van der Waals surface area contributed by atoms with E-state index in [0.29, 0.717) is 0 Å². The molecule has 0 radical (unpaired) electrons. The number of rotatable bonds is 2. The fourth-order valence-corrected chi connectivity index (χ4v) is 3.13. The molecule has 18 heavy (non-hydrogen) atoms. The van der Waals surface area contributed by atoms with Crippen molar-refractivity contribution in [1.29, 1.82) is 0 Å². The second-order valence-electron chi connectivity index (χ2n) is 4.37. The van der Waals surface area contributed by atoms with Crippen LogP contribution < -0.4 is 5.32 Å². The van der Waals surface area contributed by atoms with Gasteiger partial charge in [-0.3, -0.25) is 0 Å². The molecule has 1 aromatic carbocycles. The van der Waals surface area contributed by atoms with Crippen LogP contribution in [0.5, 0.6) is 0 Å². The average molecular weight is 280 g/mol. The summed E-state index contributed by atoms with van der Waals surface area (Å²) in [5, 5.41) is 5.50. The van der Waals surface area contributed by atoms with Crippen LogP contribution in [-0.2, 0) is 4.74 Å². The van der Waals surface area contributed by atoms with Crippen molar-refractivity contribution in [2.45, 2.75) is 12.2 Å². The highest BCUT2D eigenvalue weighted by atomic mass is 35.5. The van der Waals surface area contributed by atoms with Gasteiger partial charge in [0.05, 0.1) is 16.5 Å². The van der Waals surface area contributed by atoms with Crippen molar-refractivity contribution >= 4 is 22.9 Å². The third-order valence-corrected chi connectivity index (χ3v) is 4.23. The Bertz CT molecular complexity index is 514. The van der Waals surface area contributed by atoms with Gasteiger partial charge >= 0.3 is 0 Å². The van der Waals surface area contributed by atoms with E-state index in [1.54, 1.807) is 11.3 Å². The molecule has 1 N–H and O–H groups in total. The first-order valence-corrected chi connectivity index (χ1v) is 7.24. The molecule has 1 fully saturated rings. The summed E-state index contributed by atoms with van der Waals surface area (Å²) < 4.78 is 6.97. The van der Waals surface area contributed by atoms with Gasteiger partial charge in [-0.2, -0.15) is 0 Å². The second kappa shape index (κ2) is 5.41. The Morgan fingerprint density at radius 3 is 2.50 bits per heavy atom. The minimum Gasteiger partial charge on any atom is -0.363 e. The Labute approximate surface area is 116 Å². The Morgan fingerprint density at radius 1 is 1.11 bits per heavy atom. The van der Waals surface area contributed by atoms with E-state index in [4.69, 9.17) is 16.3 Å². The maximum Gasteiger partial charge on any atom is 0.0966 e. The van der Waals surface area contributed by atoms with Gasteiger partial charge in [0.25, 0.3) is 0 Å². The molecule has 2 unspecified atom stereocenters. The molecule has 0 saturated carbocycles. The SMILES string of the molecule is Clc1cc(C2CNCC(c3ccccc3)O2)cs1. The summed E-state index contributed by atoms with van der Waals surface area (Å²) in [7, 11) is 0. The summed E-state index contributed by atoms with van der Waals surface area (Å²) in [6.45, 7) is 1.70. The quantitative estimate of drug-likeness (QED) is 0.903. The molecule has 1 aromatic heterocycles. The van der Waals surface area contributed by atoms with E-state index in [9.17, 15) is 0 Å². The zero-order valence-electron chi connectivity index (χ0n) is 9.80. The molecule has 1 aliphatic rings. The average Bonchev–Trinajstić information content (AvgIpc) is 2.87. The zero-order valence-corrected chi connectivity index (χ0v) is 11.4. The standard InChI is InChI=1S/C14H14ClNOS/c15-14-6-11(9-18-14)13-8-16-7-12(17-13)10-4-2-1-3-5-10/h1-6,9,12-13,16H,7-8H2. The molecule has 0 amide bonds. The molecule has 4 heteroatoms. The van der Waals surface area contributed by atoms with E-state index in [2.05, 4.69) is 22.8 Å². The Hall–Kier alpha value is -0.870. The number of hydrogen-bond acceptors (Lipinski definition) is 3. The van der Waals surface area contributed by atoms with Crippen molar-refractivity contribution in [2.24, 2.45) is 0 Å². The number of ether oxygens (including phenoxy) is 1. The van der Waals surface area contributed by atoms with Gasteiger partial charge in [-0.15, -0.1) is 11.3 Å². The molecule has 0 aliphatic carbocycles. The lowest BCUT2D eigenvalue weighted by atomic mass is 10.1. The van der Waals surface area contributed by atoms with Crippen molar-refractivity contribution < 1.29 is 4.74 Å². The predicted molar refractivity (Wildman–Crippen MR) is 75.2 cm³/mol. The Kier molecular flexibility index (Phi) is 3.66. The van der Waals surface area contributed by atoms with Crippen molar-refractivity contribution in [3.05, 3.63) is 57.2 Å². The molecule has 94 valence electrons. The van der Waals surface area contributed by atoms with Gasteiger partial charge < -0.3 is 10.1 Å². The van der Waals surface area contributed by atoms with E-state index >= 15 is 0 Å². The number of morpholine rings is 1. The zero-order chi connectivity index (χ0) is 12.4. The monoisotopic (exact) mass is 279 g/mol. The molecule has 2 nitrogen and oxygen atoms in total. The van der Waals surface area contributed by atoms with Gasteiger partial charge in [0.15, 0.2) is 0 Å². The number of halogens is 1. The molecule has 0 bridgehead atoms. The van der Waals surface area contributed by atoms with E-state index < -0.39 is 0 Å². The van der Waals surface area contributed by atoms with E-state index in [1.165, 1.54) is 5.56 Å². The van der Waals surface area contributed by atoms with Gasteiger partial charge in [-0.25, -0.2) is 0 Å². The van der Waals surface area contributed by atoms with E-state index in [0.717, 1.165) is 23.0 Å².